The predicted octanol–water partition coefficient (Wildman–Crippen LogP) is 4.35. The van der Waals surface area contributed by atoms with Crippen molar-refractivity contribution in [2.75, 3.05) is 0 Å². The van der Waals surface area contributed by atoms with Gasteiger partial charge in [-0.05, 0) is 49.5 Å². The van der Waals surface area contributed by atoms with E-state index in [9.17, 15) is 9.90 Å². The number of aliphatic carboxylic acids is 1. The van der Waals surface area contributed by atoms with Gasteiger partial charge < -0.3 is 5.11 Å². The van der Waals surface area contributed by atoms with E-state index in [0.29, 0.717) is 0 Å². The molecule has 2 nitrogen and oxygen atoms in total. The summed E-state index contributed by atoms with van der Waals surface area (Å²) >= 11 is 1.68. The van der Waals surface area contributed by atoms with Crippen LogP contribution in [-0.2, 0) is 11.2 Å². The van der Waals surface area contributed by atoms with Crippen molar-refractivity contribution in [3.63, 3.8) is 0 Å². The standard InChI is InChI=1S/C15H22O2S/c1-2-4-12-6-8-15(9-7-12,14(16)17)11-13-5-3-10-18-13/h3,5,10,12H,2,4,6-9,11H2,1H3,(H,16,17). The Kier molecular flexibility index (Phi) is 4.44. The minimum Gasteiger partial charge on any atom is -0.481 e. The second-order valence-corrected chi connectivity index (χ2v) is 6.61. The van der Waals surface area contributed by atoms with E-state index in [1.807, 2.05) is 11.4 Å². The molecule has 0 unspecified atom stereocenters. The number of hydrogen-bond acceptors (Lipinski definition) is 2. The van der Waals surface area contributed by atoms with E-state index in [2.05, 4.69) is 13.0 Å². The summed E-state index contributed by atoms with van der Waals surface area (Å²) in [4.78, 5) is 12.9. The van der Waals surface area contributed by atoms with Gasteiger partial charge in [-0.3, -0.25) is 4.79 Å². The van der Waals surface area contributed by atoms with Crippen LogP contribution in [0, 0.1) is 11.3 Å². The molecule has 0 amide bonds. The molecule has 0 radical (unpaired) electrons. The summed E-state index contributed by atoms with van der Waals surface area (Å²) in [5.74, 6) is 0.164. The SMILES string of the molecule is CCCC1CCC(Cc2cccs2)(C(=O)O)CC1. The molecule has 1 aromatic heterocycles. The zero-order valence-corrected chi connectivity index (χ0v) is 11.8. The van der Waals surface area contributed by atoms with Crippen molar-refractivity contribution in [2.45, 2.75) is 51.9 Å². The predicted molar refractivity (Wildman–Crippen MR) is 75.0 cm³/mol. The minimum atomic E-state index is -0.592. The van der Waals surface area contributed by atoms with Gasteiger partial charge in [0.1, 0.15) is 0 Å². The average molecular weight is 266 g/mol. The molecule has 0 aliphatic heterocycles. The van der Waals surface area contributed by atoms with Crippen LogP contribution in [0.3, 0.4) is 0 Å². The number of thiophene rings is 1. The highest BCUT2D eigenvalue weighted by Crippen LogP contribution is 2.43. The van der Waals surface area contributed by atoms with Crippen LogP contribution in [0.25, 0.3) is 0 Å². The van der Waals surface area contributed by atoms with E-state index in [0.717, 1.165) is 38.0 Å². The van der Waals surface area contributed by atoms with Crippen LogP contribution in [0.2, 0.25) is 0 Å². The highest BCUT2D eigenvalue weighted by Gasteiger charge is 2.41. The van der Waals surface area contributed by atoms with Crippen molar-refractivity contribution >= 4 is 17.3 Å². The van der Waals surface area contributed by atoms with Gasteiger partial charge in [-0.2, -0.15) is 0 Å². The maximum absolute atomic E-state index is 11.7. The number of carboxylic acid groups (broad SMARTS) is 1. The van der Waals surface area contributed by atoms with Crippen LogP contribution in [0.5, 0.6) is 0 Å². The summed E-state index contributed by atoms with van der Waals surface area (Å²) in [5.41, 5.74) is -0.491. The second kappa shape index (κ2) is 5.87. The maximum atomic E-state index is 11.7. The van der Waals surface area contributed by atoms with Gasteiger partial charge in [0.15, 0.2) is 0 Å². The topological polar surface area (TPSA) is 37.3 Å². The zero-order valence-electron chi connectivity index (χ0n) is 11.0. The lowest BCUT2D eigenvalue weighted by Crippen LogP contribution is -2.37. The van der Waals surface area contributed by atoms with Gasteiger partial charge in [0, 0.05) is 4.88 Å². The number of carboxylic acids is 1. The van der Waals surface area contributed by atoms with E-state index in [-0.39, 0.29) is 0 Å². The normalized spacial score (nSPS) is 28.2. The molecule has 3 heteroatoms. The Morgan fingerprint density at radius 1 is 1.50 bits per heavy atom. The summed E-state index contributed by atoms with van der Waals surface area (Å²) in [7, 11) is 0. The molecule has 1 heterocycles. The molecular formula is C15H22O2S. The zero-order chi connectivity index (χ0) is 13.0. The van der Waals surface area contributed by atoms with Crippen molar-refractivity contribution in [2.24, 2.45) is 11.3 Å². The summed E-state index contributed by atoms with van der Waals surface area (Å²) in [6.07, 6.45) is 7.08. The second-order valence-electron chi connectivity index (χ2n) is 5.57. The Labute approximate surface area is 113 Å². The Morgan fingerprint density at radius 3 is 2.72 bits per heavy atom. The Balaban J connectivity index is 2.03. The first-order chi connectivity index (χ1) is 8.66. The summed E-state index contributed by atoms with van der Waals surface area (Å²) in [5, 5.41) is 11.6. The van der Waals surface area contributed by atoms with Crippen LogP contribution in [-0.4, -0.2) is 11.1 Å². The van der Waals surface area contributed by atoms with Crippen LogP contribution in [0.15, 0.2) is 17.5 Å². The third-order valence-electron chi connectivity index (χ3n) is 4.31. The van der Waals surface area contributed by atoms with Gasteiger partial charge in [0.05, 0.1) is 5.41 Å². The molecule has 1 aromatic rings. The maximum Gasteiger partial charge on any atom is 0.309 e. The van der Waals surface area contributed by atoms with E-state index in [1.54, 1.807) is 11.3 Å². The molecular weight excluding hydrogens is 244 g/mol. The number of rotatable bonds is 5. The van der Waals surface area contributed by atoms with Crippen LogP contribution < -0.4 is 0 Å². The Hall–Kier alpha value is -0.830. The molecule has 0 saturated heterocycles. The first-order valence-electron chi connectivity index (χ1n) is 6.92. The lowest BCUT2D eigenvalue weighted by Gasteiger charge is -2.36. The van der Waals surface area contributed by atoms with Gasteiger partial charge >= 0.3 is 5.97 Å². The summed E-state index contributed by atoms with van der Waals surface area (Å²) < 4.78 is 0. The fourth-order valence-corrected chi connectivity index (χ4v) is 3.99. The van der Waals surface area contributed by atoms with E-state index < -0.39 is 11.4 Å². The molecule has 0 bridgehead atoms. The molecule has 0 spiro atoms. The average Bonchev–Trinajstić information content (AvgIpc) is 2.84. The van der Waals surface area contributed by atoms with Gasteiger partial charge in [-0.1, -0.05) is 25.8 Å². The lowest BCUT2D eigenvalue weighted by molar-refractivity contribution is -0.151. The lowest BCUT2D eigenvalue weighted by atomic mass is 9.67. The van der Waals surface area contributed by atoms with Crippen LogP contribution in [0.4, 0.5) is 0 Å². The van der Waals surface area contributed by atoms with E-state index in [4.69, 9.17) is 0 Å². The molecule has 18 heavy (non-hydrogen) atoms. The Morgan fingerprint density at radius 2 is 2.22 bits per heavy atom. The largest absolute Gasteiger partial charge is 0.481 e. The molecule has 2 rings (SSSR count). The first-order valence-corrected chi connectivity index (χ1v) is 7.80. The molecule has 1 N–H and O–H groups in total. The fourth-order valence-electron chi connectivity index (χ4n) is 3.14. The van der Waals surface area contributed by atoms with Gasteiger partial charge in [-0.25, -0.2) is 0 Å². The molecule has 1 aliphatic rings. The molecule has 1 saturated carbocycles. The van der Waals surface area contributed by atoms with Crippen molar-refractivity contribution in [3.05, 3.63) is 22.4 Å². The molecule has 1 aliphatic carbocycles. The van der Waals surface area contributed by atoms with Crippen molar-refractivity contribution in [3.8, 4) is 0 Å². The monoisotopic (exact) mass is 266 g/mol. The van der Waals surface area contributed by atoms with E-state index in [1.165, 1.54) is 17.7 Å². The van der Waals surface area contributed by atoms with Crippen molar-refractivity contribution in [1.82, 2.24) is 0 Å². The number of carbonyl (C=O) groups is 1. The molecule has 0 atom stereocenters. The van der Waals surface area contributed by atoms with Crippen LogP contribution >= 0.6 is 11.3 Å². The van der Waals surface area contributed by atoms with Gasteiger partial charge in [0.2, 0.25) is 0 Å². The highest BCUT2D eigenvalue weighted by atomic mass is 32.1. The quantitative estimate of drug-likeness (QED) is 0.860. The molecule has 1 fully saturated rings. The van der Waals surface area contributed by atoms with Gasteiger partial charge in [-0.15, -0.1) is 11.3 Å². The van der Waals surface area contributed by atoms with Crippen LogP contribution in [0.1, 0.15) is 50.3 Å². The highest BCUT2D eigenvalue weighted by molar-refractivity contribution is 7.09. The van der Waals surface area contributed by atoms with Crippen molar-refractivity contribution < 1.29 is 9.90 Å². The third-order valence-corrected chi connectivity index (χ3v) is 5.18. The summed E-state index contributed by atoms with van der Waals surface area (Å²) in [6, 6.07) is 4.08. The Bertz CT molecular complexity index is 375. The number of hydrogen-bond donors (Lipinski definition) is 1. The fraction of sp³-hybridized carbons (Fsp3) is 0.667. The summed E-state index contributed by atoms with van der Waals surface area (Å²) in [6.45, 7) is 2.21. The van der Waals surface area contributed by atoms with E-state index >= 15 is 0 Å². The third kappa shape index (κ3) is 2.94. The molecule has 100 valence electrons. The van der Waals surface area contributed by atoms with Gasteiger partial charge in [0.25, 0.3) is 0 Å². The minimum absolute atomic E-state index is 0.491. The molecule has 0 aromatic carbocycles. The first kappa shape index (κ1) is 13.6. The smallest absolute Gasteiger partial charge is 0.309 e. The van der Waals surface area contributed by atoms with Crippen molar-refractivity contribution in [1.29, 1.82) is 0 Å².